The van der Waals surface area contributed by atoms with Gasteiger partial charge in [-0.05, 0) is 55.2 Å². The Hall–Kier alpha value is -2.09. The fourth-order valence-corrected chi connectivity index (χ4v) is 4.95. The number of benzene rings is 2. The molecule has 2 aromatic rings. The molecule has 0 aliphatic carbocycles. The minimum atomic E-state index is -3.71. The smallest absolute Gasteiger partial charge is 0.262 e. The van der Waals surface area contributed by atoms with Gasteiger partial charge in [0.1, 0.15) is 10.6 Å². The van der Waals surface area contributed by atoms with Crippen LogP contribution in [0.15, 0.2) is 47.4 Å². The molecule has 3 rings (SSSR count). The molecule has 0 unspecified atom stereocenters. The number of carbonyl (C=O) groups is 1. The Labute approximate surface area is 170 Å². The number of rotatable bonds is 7. The van der Waals surface area contributed by atoms with Crippen LogP contribution in [-0.2, 0) is 21.2 Å². The molecule has 0 radical (unpaired) electrons. The minimum absolute atomic E-state index is 0.0120. The van der Waals surface area contributed by atoms with Crippen LogP contribution in [0.4, 0.5) is 5.69 Å². The summed E-state index contributed by atoms with van der Waals surface area (Å²) in [5.41, 5.74) is 1.83. The number of hydrogen-bond acceptors (Lipinski definition) is 4. The number of anilines is 1. The second kappa shape index (κ2) is 8.94. The largest absolute Gasteiger partial charge is 0.482 e. The average molecular weight is 423 g/mol. The first kappa shape index (κ1) is 20.6. The summed E-state index contributed by atoms with van der Waals surface area (Å²) in [7, 11) is -3.71. The van der Waals surface area contributed by atoms with Crippen molar-refractivity contribution in [1.82, 2.24) is 4.31 Å². The van der Waals surface area contributed by atoms with Crippen LogP contribution in [0.5, 0.6) is 5.75 Å². The summed E-state index contributed by atoms with van der Waals surface area (Å²) in [5, 5.41) is 3.04. The van der Waals surface area contributed by atoms with Crippen LogP contribution in [0.25, 0.3) is 0 Å². The van der Waals surface area contributed by atoms with E-state index in [2.05, 4.69) is 12.2 Å². The first-order chi connectivity index (χ1) is 13.4. The van der Waals surface area contributed by atoms with E-state index in [-0.39, 0.29) is 23.2 Å². The van der Waals surface area contributed by atoms with E-state index in [1.165, 1.54) is 22.0 Å². The topological polar surface area (TPSA) is 75.7 Å². The zero-order valence-electron chi connectivity index (χ0n) is 15.7. The van der Waals surface area contributed by atoms with Gasteiger partial charge < -0.3 is 10.1 Å². The Morgan fingerprint density at radius 2 is 1.82 bits per heavy atom. The molecule has 1 fully saturated rings. The van der Waals surface area contributed by atoms with E-state index < -0.39 is 10.0 Å². The molecular weight excluding hydrogens is 400 g/mol. The summed E-state index contributed by atoms with van der Waals surface area (Å²) in [6, 6.07) is 11.9. The molecular formula is C20H23ClN2O4S. The molecule has 1 N–H and O–H groups in total. The monoisotopic (exact) mass is 422 g/mol. The lowest BCUT2D eigenvalue weighted by atomic mass is 10.1. The maximum absolute atomic E-state index is 12.9. The van der Waals surface area contributed by atoms with Crippen LogP contribution < -0.4 is 10.1 Å². The van der Waals surface area contributed by atoms with Crippen molar-refractivity contribution in [2.45, 2.75) is 31.1 Å². The van der Waals surface area contributed by atoms with Gasteiger partial charge in [-0.3, -0.25) is 4.79 Å². The maximum atomic E-state index is 12.9. The molecule has 1 saturated heterocycles. The molecule has 28 heavy (non-hydrogen) atoms. The van der Waals surface area contributed by atoms with Crippen molar-refractivity contribution in [1.29, 1.82) is 0 Å². The Bertz CT molecular complexity index is 939. The van der Waals surface area contributed by atoms with Crippen LogP contribution in [0.2, 0.25) is 5.02 Å². The van der Waals surface area contributed by atoms with E-state index in [1.807, 2.05) is 24.3 Å². The fraction of sp³-hybridized carbons (Fsp3) is 0.350. The van der Waals surface area contributed by atoms with Crippen molar-refractivity contribution in [2.24, 2.45) is 0 Å². The molecule has 0 aromatic heterocycles. The van der Waals surface area contributed by atoms with Crippen molar-refractivity contribution in [3.8, 4) is 5.75 Å². The third-order valence-corrected chi connectivity index (χ3v) is 6.75. The van der Waals surface area contributed by atoms with Gasteiger partial charge in [-0.2, -0.15) is 4.31 Å². The Morgan fingerprint density at radius 3 is 2.46 bits per heavy atom. The van der Waals surface area contributed by atoms with E-state index in [0.29, 0.717) is 23.8 Å². The predicted octanol–water partition coefficient (Wildman–Crippen LogP) is 3.70. The van der Waals surface area contributed by atoms with Crippen LogP contribution in [-0.4, -0.2) is 38.3 Å². The predicted molar refractivity (Wildman–Crippen MR) is 109 cm³/mol. The number of ether oxygens (including phenoxy) is 1. The van der Waals surface area contributed by atoms with Crippen molar-refractivity contribution in [3.63, 3.8) is 0 Å². The number of nitrogens with zero attached hydrogens (tertiary/aromatic N) is 1. The number of carbonyl (C=O) groups excluding carboxylic acids is 1. The summed E-state index contributed by atoms with van der Waals surface area (Å²) in [4.78, 5) is 12.2. The van der Waals surface area contributed by atoms with Crippen molar-refractivity contribution in [2.75, 3.05) is 25.0 Å². The lowest BCUT2D eigenvalue weighted by Crippen LogP contribution is -2.28. The number of nitrogens with one attached hydrogen (secondary N) is 1. The highest BCUT2D eigenvalue weighted by Crippen LogP contribution is 2.31. The molecule has 6 nitrogen and oxygen atoms in total. The van der Waals surface area contributed by atoms with E-state index >= 15 is 0 Å². The SMILES string of the molecule is CCc1ccc(NC(=O)COc2ccc(Cl)cc2S(=O)(=O)N2CCCC2)cc1. The molecule has 1 aliphatic heterocycles. The molecule has 2 aromatic carbocycles. The molecule has 0 atom stereocenters. The first-order valence-corrected chi connectivity index (χ1v) is 11.0. The lowest BCUT2D eigenvalue weighted by molar-refractivity contribution is -0.118. The van der Waals surface area contributed by atoms with E-state index in [4.69, 9.17) is 16.3 Å². The van der Waals surface area contributed by atoms with E-state index in [1.54, 1.807) is 6.07 Å². The summed E-state index contributed by atoms with van der Waals surface area (Å²) in [6.45, 7) is 2.70. The Morgan fingerprint density at radius 1 is 1.14 bits per heavy atom. The zero-order chi connectivity index (χ0) is 20.1. The summed E-state index contributed by atoms with van der Waals surface area (Å²) in [5.74, 6) is -0.253. The molecule has 1 heterocycles. The highest BCUT2D eigenvalue weighted by Gasteiger charge is 2.30. The third-order valence-electron chi connectivity index (χ3n) is 4.59. The molecule has 1 amide bonds. The van der Waals surface area contributed by atoms with Gasteiger partial charge in [0, 0.05) is 23.8 Å². The molecule has 1 aliphatic rings. The standard InChI is InChI=1S/C20H23ClN2O4S/c1-2-15-5-8-17(9-6-15)22-20(24)14-27-18-10-7-16(21)13-19(18)28(25,26)23-11-3-4-12-23/h5-10,13H,2-4,11-12,14H2,1H3,(H,22,24). The normalized spacial score (nSPS) is 14.8. The van der Waals surface area contributed by atoms with E-state index in [0.717, 1.165) is 19.3 Å². The van der Waals surface area contributed by atoms with Gasteiger partial charge in [-0.1, -0.05) is 30.7 Å². The van der Waals surface area contributed by atoms with Gasteiger partial charge in [-0.25, -0.2) is 8.42 Å². The van der Waals surface area contributed by atoms with Gasteiger partial charge in [-0.15, -0.1) is 0 Å². The van der Waals surface area contributed by atoms with E-state index in [9.17, 15) is 13.2 Å². The van der Waals surface area contributed by atoms with Crippen LogP contribution in [0, 0.1) is 0 Å². The maximum Gasteiger partial charge on any atom is 0.262 e. The first-order valence-electron chi connectivity index (χ1n) is 9.21. The number of aryl methyl sites for hydroxylation is 1. The number of hydrogen-bond donors (Lipinski definition) is 1. The van der Waals surface area contributed by atoms with Gasteiger partial charge in [0.2, 0.25) is 10.0 Å². The van der Waals surface area contributed by atoms with Gasteiger partial charge >= 0.3 is 0 Å². The second-order valence-corrected chi connectivity index (χ2v) is 8.93. The van der Waals surface area contributed by atoms with Crippen molar-refractivity contribution < 1.29 is 17.9 Å². The average Bonchev–Trinajstić information content (AvgIpc) is 3.23. The zero-order valence-corrected chi connectivity index (χ0v) is 17.2. The van der Waals surface area contributed by atoms with Crippen LogP contribution >= 0.6 is 11.6 Å². The van der Waals surface area contributed by atoms with Crippen LogP contribution in [0.1, 0.15) is 25.3 Å². The number of amides is 1. The molecule has 0 bridgehead atoms. The van der Waals surface area contributed by atoms with Gasteiger partial charge in [0.25, 0.3) is 5.91 Å². The Balaban J connectivity index is 1.70. The lowest BCUT2D eigenvalue weighted by Gasteiger charge is -2.18. The quantitative estimate of drug-likeness (QED) is 0.738. The third kappa shape index (κ3) is 4.84. The minimum Gasteiger partial charge on any atom is -0.482 e. The molecule has 0 saturated carbocycles. The summed E-state index contributed by atoms with van der Waals surface area (Å²) < 4.78 is 32.7. The summed E-state index contributed by atoms with van der Waals surface area (Å²) >= 11 is 6.01. The van der Waals surface area contributed by atoms with Gasteiger partial charge in [0.05, 0.1) is 0 Å². The van der Waals surface area contributed by atoms with Crippen molar-refractivity contribution in [3.05, 3.63) is 53.1 Å². The summed E-state index contributed by atoms with van der Waals surface area (Å²) in [6.07, 6.45) is 2.58. The number of halogens is 1. The molecule has 150 valence electrons. The highest BCUT2D eigenvalue weighted by molar-refractivity contribution is 7.89. The Kier molecular flexibility index (Phi) is 6.59. The van der Waals surface area contributed by atoms with Crippen LogP contribution in [0.3, 0.4) is 0 Å². The second-order valence-electron chi connectivity index (χ2n) is 6.59. The molecule has 8 heteroatoms. The highest BCUT2D eigenvalue weighted by atomic mass is 35.5. The fourth-order valence-electron chi connectivity index (χ4n) is 3.03. The van der Waals surface area contributed by atoms with Crippen molar-refractivity contribution >= 4 is 33.2 Å². The number of sulfonamides is 1. The molecule has 0 spiro atoms. The van der Waals surface area contributed by atoms with Gasteiger partial charge in [0.15, 0.2) is 6.61 Å².